The van der Waals surface area contributed by atoms with Gasteiger partial charge in [-0.2, -0.15) is 0 Å². The first-order chi connectivity index (χ1) is 11.9. The minimum absolute atomic E-state index is 0.0308. The lowest BCUT2D eigenvalue weighted by Crippen LogP contribution is -2.34. The van der Waals surface area contributed by atoms with Crippen molar-refractivity contribution in [1.82, 2.24) is 4.90 Å². The predicted molar refractivity (Wildman–Crippen MR) is 100 cm³/mol. The quantitative estimate of drug-likeness (QED) is 0.827. The molecule has 0 bridgehead atoms. The van der Waals surface area contributed by atoms with E-state index in [2.05, 4.69) is 5.32 Å². The maximum Gasteiger partial charge on any atom is 0.322 e. The normalized spacial score (nSPS) is 11.8. The molecule has 2 aromatic carbocycles. The number of benzene rings is 2. The van der Waals surface area contributed by atoms with Crippen molar-refractivity contribution in [1.29, 1.82) is 0 Å². The molecular formula is C20H26N2O3. The molecule has 0 fully saturated rings. The summed E-state index contributed by atoms with van der Waals surface area (Å²) in [5.74, 6) is 1.42. The van der Waals surface area contributed by atoms with Crippen LogP contribution in [0.2, 0.25) is 0 Å². The zero-order chi connectivity index (χ0) is 18.4. The van der Waals surface area contributed by atoms with Crippen LogP contribution in [-0.2, 0) is 0 Å². The van der Waals surface area contributed by atoms with Crippen LogP contribution in [0.1, 0.15) is 32.4 Å². The minimum atomic E-state index is -0.210. The van der Waals surface area contributed by atoms with E-state index in [1.54, 1.807) is 19.1 Å². The van der Waals surface area contributed by atoms with Crippen molar-refractivity contribution < 1.29 is 14.3 Å². The van der Waals surface area contributed by atoms with E-state index in [1.165, 1.54) is 0 Å². The minimum Gasteiger partial charge on any atom is -0.496 e. The van der Waals surface area contributed by atoms with Gasteiger partial charge in [0, 0.05) is 12.6 Å². The van der Waals surface area contributed by atoms with E-state index in [4.69, 9.17) is 9.47 Å². The number of carbonyl (C=O) groups excluding carboxylic acids is 1. The Hall–Kier alpha value is -2.69. The van der Waals surface area contributed by atoms with Gasteiger partial charge in [-0.25, -0.2) is 4.79 Å². The lowest BCUT2D eigenvalue weighted by molar-refractivity contribution is 0.206. The number of hydrogen-bond acceptors (Lipinski definition) is 3. The molecule has 0 heterocycles. The van der Waals surface area contributed by atoms with Crippen molar-refractivity contribution >= 4 is 11.7 Å². The second kappa shape index (κ2) is 8.42. The number of urea groups is 1. The maximum atomic E-state index is 12.7. The van der Waals surface area contributed by atoms with Crippen molar-refractivity contribution in [2.24, 2.45) is 0 Å². The Morgan fingerprint density at radius 3 is 2.24 bits per heavy atom. The van der Waals surface area contributed by atoms with Crippen LogP contribution in [0.5, 0.6) is 11.5 Å². The van der Waals surface area contributed by atoms with Crippen LogP contribution < -0.4 is 14.8 Å². The van der Waals surface area contributed by atoms with Gasteiger partial charge in [-0.15, -0.1) is 0 Å². The van der Waals surface area contributed by atoms with Gasteiger partial charge in [0.2, 0.25) is 0 Å². The molecule has 0 radical (unpaired) electrons. The fraction of sp³-hybridized carbons (Fsp3) is 0.350. The third-order valence-corrected chi connectivity index (χ3v) is 3.98. The number of ether oxygens (including phenoxy) is 2. The van der Waals surface area contributed by atoms with E-state index in [1.807, 2.05) is 69.3 Å². The molecule has 0 saturated carbocycles. The molecule has 1 atom stereocenters. The summed E-state index contributed by atoms with van der Waals surface area (Å²) < 4.78 is 11.2. The maximum absolute atomic E-state index is 12.7. The Balaban J connectivity index is 2.15. The molecule has 0 unspecified atom stereocenters. The zero-order valence-electron chi connectivity index (χ0n) is 15.4. The van der Waals surface area contributed by atoms with Crippen molar-refractivity contribution in [2.75, 3.05) is 19.5 Å². The number of rotatable bonds is 6. The van der Waals surface area contributed by atoms with Crippen molar-refractivity contribution in [2.45, 2.75) is 32.9 Å². The average Bonchev–Trinajstić information content (AvgIpc) is 2.61. The summed E-state index contributed by atoms with van der Waals surface area (Å²) in [4.78, 5) is 14.3. The Morgan fingerprint density at radius 1 is 1.00 bits per heavy atom. The van der Waals surface area contributed by atoms with Crippen LogP contribution in [0.3, 0.4) is 0 Å². The Kier molecular flexibility index (Phi) is 6.28. The molecule has 2 aromatic rings. The average molecular weight is 342 g/mol. The summed E-state index contributed by atoms with van der Waals surface area (Å²) in [6.07, 6.45) is 0.0308. The third kappa shape index (κ3) is 4.66. The van der Waals surface area contributed by atoms with Crippen molar-refractivity contribution in [3.8, 4) is 11.5 Å². The summed E-state index contributed by atoms with van der Waals surface area (Å²) in [6.45, 7) is 5.87. The second-order valence-electron chi connectivity index (χ2n) is 6.12. The number of anilines is 1. The fourth-order valence-corrected chi connectivity index (χ4v) is 2.53. The molecule has 0 aliphatic rings. The largest absolute Gasteiger partial charge is 0.496 e. The van der Waals surface area contributed by atoms with E-state index in [0.29, 0.717) is 11.4 Å². The molecule has 0 spiro atoms. The molecule has 2 rings (SSSR count). The molecule has 5 nitrogen and oxygen atoms in total. The highest BCUT2D eigenvalue weighted by atomic mass is 16.5. The number of methoxy groups -OCH3 is 1. The van der Waals surface area contributed by atoms with Crippen LogP contribution >= 0.6 is 0 Å². The van der Waals surface area contributed by atoms with E-state index < -0.39 is 0 Å². The smallest absolute Gasteiger partial charge is 0.322 e. The van der Waals surface area contributed by atoms with Gasteiger partial charge in [0.05, 0.1) is 24.9 Å². The number of carbonyl (C=O) groups is 1. The van der Waals surface area contributed by atoms with Gasteiger partial charge in [0.25, 0.3) is 0 Å². The molecule has 134 valence electrons. The van der Waals surface area contributed by atoms with Gasteiger partial charge in [-0.1, -0.05) is 30.3 Å². The van der Waals surface area contributed by atoms with E-state index in [9.17, 15) is 4.79 Å². The van der Waals surface area contributed by atoms with E-state index in [0.717, 1.165) is 11.3 Å². The van der Waals surface area contributed by atoms with Crippen molar-refractivity contribution in [3.63, 3.8) is 0 Å². The lowest BCUT2D eigenvalue weighted by Gasteiger charge is -2.27. The highest BCUT2D eigenvalue weighted by molar-refractivity contribution is 5.91. The summed E-state index contributed by atoms with van der Waals surface area (Å²) >= 11 is 0. The molecule has 0 aliphatic carbocycles. The Morgan fingerprint density at radius 2 is 1.60 bits per heavy atom. The number of hydrogen-bond donors (Lipinski definition) is 1. The number of nitrogens with one attached hydrogen (secondary N) is 1. The van der Waals surface area contributed by atoms with Crippen molar-refractivity contribution in [3.05, 3.63) is 54.1 Å². The Bertz CT molecular complexity index is 716. The van der Waals surface area contributed by atoms with Gasteiger partial charge < -0.3 is 19.7 Å². The SMILES string of the molecule is COc1ccccc1[C@H](C)N(C)C(=O)Nc1ccccc1OC(C)C. The summed E-state index contributed by atoms with van der Waals surface area (Å²) in [5.41, 5.74) is 1.61. The molecule has 2 amide bonds. The highest BCUT2D eigenvalue weighted by Gasteiger charge is 2.21. The molecule has 0 aliphatic heterocycles. The molecule has 5 heteroatoms. The van der Waals surface area contributed by atoms with Crippen LogP contribution in [-0.4, -0.2) is 31.2 Å². The molecule has 25 heavy (non-hydrogen) atoms. The third-order valence-electron chi connectivity index (χ3n) is 3.98. The van der Waals surface area contributed by atoms with Gasteiger partial charge in [0.1, 0.15) is 11.5 Å². The highest BCUT2D eigenvalue weighted by Crippen LogP contribution is 2.30. The summed E-state index contributed by atoms with van der Waals surface area (Å²) in [5, 5.41) is 2.92. The van der Waals surface area contributed by atoms with Gasteiger partial charge >= 0.3 is 6.03 Å². The first kappa shape index (κ1) is 18.6. The second-order valence-corrected chi connectivity index (χ2v) is 6.12. The standard InChI is InChI=1S/C20H26N2O3/c1-14(2)25-19-13-9-7-11-17(19)21-20(23)22(4)15(3)16-10-6-8-12-18(16)24-5/h6-15H,1-5H3,(H,21,23)/t15-/m0/s1. The predicted octanol–water partition coefficient (Wildman–Crippen LogP) is 4.71. The summed E-state index contributed by atoms with van der Waals surface area (Å²) in [7, 11) is 3.39. The lowest BCUT2D eigenvalue weighted by atomic mass is 10.1. The van der Waals surface area contributed by atoms with Gasteiger partial charge in [-0.05, 0) is 39.0 Å². The monoisotopic (exact) mass is 342 g/mol. The number of amides is 2. The van der Waals surface area contributed by atoms with Crippen LogP contribution in [0.25, 0.3) is 0 Å². The summed E-state index contributed by atoms with van der Waals surface area (Å²) in [6, 6.07) is 14.8. The van der Waals surface area contributed by atoms with Gasteiger partial charge in [0.15, 0.2) is 0 Å². The fourth-order valence-electron chi connectivity index (χ4n) is 2.53. The molecule has 1 N–H and O–H groups in total. The Labute approximate surface area is 149 Å². The number of para-hydroxylation sites is 3. The zero-order valence-corrected chi connectivity index (χ0v) is 15.4. The molecular weight excluding hydrogens is 316 g/mol. The first-order valence-electron chi connectivity index (χ1n) is 8.36. The van der Waals surface area contributed by atoms with Crippen LogP contribution in [0.15, 0.2) is 48.5 Å². The van der Waals surface area contributed by atoms with E-state index in [-0.39, 0.29) is 18.2 Å². The van der Waals surface area contributed by atoms with Crippen LogP contribution in [0, 0.1) is 0 Å². The van der Waals surface area contributed by atoms with Gasteiger partial charge in [-0.3, -0.25) is 0 Å². The first-order valence-corrected chi connectivity index (χ1v) is 8.36. The van der Waals surface area contributed by atoms with E-state index >= 15 is 0 Å². The van der Waals surface area contributed by atoms with Crippen LogP contribution in [0.4, 0.5) is 10.5 Å². The number of nitrogens with zero attached hydrogens (tertiary/aromatic N) is 1. The molecule has 0 aromatic heterocycles. The topological polar surface area (TPSA) is 50.8 Å². The molecule has 0 saturated heterocycles.